The highest BCUT2D eigenvalue weighted by Crippen LogP contribution is 2.25. The molecule has 0 fully saturated rings. The lowest BCUT2D eigenvalue weighted by Crippen LogP contribution is -2.17. The van der Waals surface area contributed by atoms with Gasteiger partial charge in [-0.3, -0.25) is 9.67 Å². The van der Waals surface area contributed by atoms with Gasteiger partial charge in [0.15, 0.2) is 0 Å². The lowest BCUT2D eigenvalue weighted by atomic mass is 10.3. The maximum atomic E-state index is 12.3. The minimum absolute atomic E-state index is 0.273. The predicted molar refractivity (Wildman–Crippen MR) is 112 cm³/mol. The second-order valence-corrected chi connectivity index (χ2v) is 7.75. The van der Waals surface area contributed by atoms with E-state index in [4.69, 9.17) is 0 Å². The third-order valence-corrected chi connectivity index (χ3v) is 4.93. The Morgan fingerprint density at radius 2 is 1.80 bits per heavy atom. The zero-order chi connectivity index (χ0) is 21.3. The van der Waals surface area contributed by atoms with Crippen molar-refractivity contribution >= 4 is 22.6 Å². The smallest absolute Gasteiger partial charge is 0.406 e. The molecule has 0 saturated carbocycles. The standard InChI is InChI=1S/C20H15F3IN5O/c1-13-8-18(27-29(13)10-15-3-2-14(24)9-25-15)19-11-28(12-26-19)16-4-6-17(7-5-16)30-20(21,22)23/h2-9,11-12H,10H2,1H3. The van der Waals surface area contributed by atoms with Crippen LogP contribution in [0.15, 0.2) is 61.2 Å². The van der Waals surface area contributed by atoms with Gasteiger partial charge in [-0.1, -0.05) is 0 Å². The Kier molecular flexibility index (Phi) is 5.50. The predicted octanol–water partition coefficient (Wildman–Crippen LogP) is 4.99. The molecule has 1 aromatic carbocycles. The SMILES string of the molecule is Cc1cc(-c2cn(-c3ccc(OC(F)(F)F)cc3)cn2)nn1Cc1ccc(I)cn1. The molecule has 0 aliphatic carbocycles. The summed E-state index contributed by atoms with van der Waals surface area (Å²) in [6.45, 7) is 2.50. The fraction of sp³-hybridized carbons (Fsp3) is 0.150. The molecular weight excluding hydrogens is 510 g/mol. The summed E-state index contributed by atoms with van der Waals surface area (Å²) in [5.74, 6) is -0.273. The van der Waals surface area contributed by atoms with Gasteiger partial charge < -0.3 is 9.30 Å². The highest BCUT2D eigenvalue weighted by molar-refractivity contribution is 14.1. The quantitative estimate of drug-likeness (QED) is 0.345. The molecule has 0 N–H and O–H groups in total. The average molecular weight is 525 g/mol. The molecule has 0 aliphatic rings. The zero-order valence-corrected chi connectivity index (χ0v) is 17.8. The van der Waals surface area contributed by atoms with Gasteiger partial charge in [-0.15, -0.1) is 13.2 Å². The molecule has 0 bridgehead atoms. The largest absolute Gasteiger partial charge is 0.573 e. The van der Waals surface area contributed by atoms with Gasteiger partial charge in [-0.2, -0.15) is 5.10 Å². The van der Waals surface area contributed by atoms with Crippen LogP contribution in [0, 0.1) is 10.5 Å². The van der Waals surface area contributed by atoms with E-state index in [1.807, 2.05) is 36.0 Å². The summed E-state index contributed by atoms with van der Waals surface area (Å²) >= 11 is 2.21. The number of halogens is 4. The van der Waals surface area contributed by atoms with Crippen molar-refractivity contribution < 1.29 is 17.9 Å². The van der Waals surface area contributed by atoms with E-state index in [-0.39, 0.29) is 5.75 Å². The Bertz CT molecular complexity index is 1150. The van der Waals surface area contributed by atoms with Crippen LogP contribution >= 0.6 is 22.6 Å². The summed E-state index contributed by atoms with van der Waals surface area (Å²) in [7, 11) is 0. The molecule has 4 aromatic rings. The fourth-order valence-electron chi connectivity index (χ4n) is 2.87. The van der Waals surface area contributed by atoms with Crippen LogP contribution in [0.25, 0.3) is 17.1 Å². The Balaban J connectivity index is 1.52. The Hall–Kier alpha value is -2.89. The normalized spacial score (nSPS) is 11.6. The number of alkyl halides is 3. The molecule has 0 aliphatic heterocycles. The minimum Gasteiger partial charge on any atom is -0.406 e. The minimum atomic E-state index is -4.71. The van der Waals surface area contributed by atoms with Crippen molar-refractivity contribution in [3.8, 4) is 22.8 Å². The summed E-state index contributed by atoms with van der Waals surface area (Å²) in [4.78, 5) is 8.78. The van der Waals surface area contributed by atoms with Crippen LogP contribution in [0.1, 0.15) is 11.4 Å². The molecule has 0 radical (unpaired) electrons. The number of hydrogen-bond acceptors (Lipinski definition) is 4. The third-order valence-electron chi connectivity index (χ3n) is 4.30. The van der Waals surface area contributed by atoms with Crippen molar-refractivity contribution in [2.75, 3.05) is 0 Å². The van der Waals surface area contributed by atoms with Crippen molar-refractivity contribution in [2.24, 2.45) is 0 Å². The van der Waals surface area contributed by atoms with Gasteiger partial charge >= 0.3 is 6.36 Å². The highest BCUT2D eigenvalue weighted by atomic mass is 127. The number of benzene rings is 1. The van der Waals surface area contributed by atoms with Gasteiger partial charge in [0.2, 0.25) is 0 Å². The first-order valence-electron chi connectivity index (χ1n) is 8.82. The number of aryl methyl sites for hydroxylation is 1. The molecule has 30 heavy (non-hydrogen) atoms. The summed E-state index contributed by atoms with van der Waals surface area (Å²) in [6, 6.07) is 11.5. The first-order valence-corrected chi connectivity index (χ1v) is 9.90. The number of ether oxygens (including phenoxy) is 1. The maximum absolute atomic E-state index is 12.3. The van der Waals surface area contributed by atoms with E-state index >= 15 is 0 Å². The summed E-state index contributed by atoms with van der Waals surface area (Å²) in [5, 5.41) is 4.61. The van der Waals surface area contributed by atoms with Gasteiger partial charge in [-0.25, -0.2) is 4.98 Å². The van der Waals surface area contributed by atoms with E-state index in [9.17, 15) is 13.2 Å². The first-order chi connectivity index (χ1) is 14.3. The molecule has 0 atom stereocenters. The summed E-state index contributed by atoms with van der Waals surface area (Å²) < 4.78 is 45.4. The van der Waals surface area contributed by atoms with Gasteiger partial charge in [0.25, 0.3) is 0 Å². The lowest BCUT2D eigenvalue weighted by Gasteiger charge is -2.09. The van der Waals surface area contributed by atoms with Crippen LogP contribution < -0.4 is 4.74 Å². The third kappa shape index (κ3) is 4.81. The Morgan fingerprint density at radius 3 is 2.47 bits per heavy atom. The number of aromatic nitrogens is 5. The zero-order valence-electron chi connectivity index (χ0n) is 15.6. The molecule has 3 aromatic heterocycles. The van der Waals surface area contributed by atoms with E-state index in [2.05, 4.69) is 42.4 Å². The molecule has 0 unspecified atom stereocenters. The lowest BCUT2D eigenvalue weighted by molar-refractivity contribution is -0.274. The Morgan fingerprint density at radius 1 is 1.03 bits per heavy atom. The van der Waals surface area contributed by atoms with Gasteiger partial charge in [0.1, 0.15) is 17.1 Å². The summed E-state index contributed by atoms with van der Waals surface area (Å²) in [6.07, 6.45) is 0.454. The number of hydrogen-bond donors (Lipinski definition) is 0. The monoisotopic (exact) mass is 525 g/mol. The molecule has 6 nitrogen and oxygen atoms in total. The molecule has 3 heterocycles. The number of nitrogens with zero attached hydrogens (tertiary/aromatic N) is 5. The van der Waals surface area contributed by atoms with Crippen molar-refractivity contribution in [1.82, 2.24) is 24.3 Å². The van der Waals surface area contributed by atoms with E-state index < -0.39 is 6.36 Å². The van der Waals surface area contributed by atoms with Crippen molar-refractivity contribution in [3.05, 3.63) is 76.1 Å². The van der Waals surface area contributed by atoms with Crippen LogP contribution in [0.5, 0.6) is 5.75 Å². The first kappa shape index (κ1) is 20.4. The number of imidazole rings is 1. The van der Waals surface area contributed by atoms with Crippen LogP contribution in [0.3, 0.4) is 0 Å². The van der Waals surface area contributed by atoms with Gasteiger partial charge in [0, 0.05) is 27.3 Å². The fourth-order valence-corrected chi connectivity index (χ4v) is 3.18. The van der Waals surface area contributed by atoms with Crippen molar-refractivity contribution in [2.45, 2.75) is 19.8 Å². The molecule has 0 spiro atoms. The van der Waals surface area contributed by atoms with Crippen molar-refractivity contribution in [3.63, 3.8) is 0 Å². The molecule has 154 valence electrons. The van der Waals surface area contributed by atoms with Gasteiger partial charge in [0.05, 0.1) is 18.6 Å². The molecular formula is C20H15F3IN5O. The van der Waals surface area contributed by atoms with E-state index in [0.29, 0.717) is 23.6 Å². The topological polar surface area (TPSA) is 57.8 Å². The average Bonchev–Trinajstić information content (AvgIpc) is 3.30. The second kappa shape index (κ2) is 8.09. The summed E-state index contributed by atoms with van der Waals surface area (Å²) in [5.41, 5.74) is 3.88. The van der Waals surface area contributed by atoms with Crippen LogP contribution in [-0.2, 0) is 6.54 Å². The molecule has 0 saturated heterocycles. The molecule has 10 heteroatoms. The van der Waals surface area contributed by atoms with Crippen LogP contribution in [0.4, 0.5) is 13.2 Å². The van der Waals surface area contributed by atoms with Crippen molar-refractivity contribution in [1.29, 1.82) is 0 Å². The van der Waals surface area contributed by atoms with E-state index in [0.717, 1.165) is 15.0 Å². The van der Waals surface area contributed by atoms with E-state index in [1.54, 1.807) is 17.1 Å². The number of pyridine rings is 1. The van der Waals surface area contributed by atoms with Gasteiger partial charge in [-0.05, 0) is 72.0 Å². The van der Waals surface area contributed by atoms with Crippen LogP contribution in [0.2, 0.25) is 0 Å². The highest BCUT2D eigenvalue weighted by Gasteiger charge is 2.31. The number of rotatable bonds is 5. The molecule has 0 amide bonds. The molecule has 4 rings (SSSR count). The Labute approximate surface area is 183 Å². The van der Waals surface area contributed by atoms with E-state index in [1.165, 1.54) is 24.3 Å². The second-order valence-electron chi connectivity index (χ2n) is 6.50. The maximum Gasteiger partial charge on any atom is 0.573 e. The van der Waals surface area contributed by atoms with Crippen LogP contribution in [-0.4, -0.2) is 30.7 Å².